The van der Waals surface area contributed by atoms with Crippen LogP contribution < -0.4 is 0 Å². The molecule has 2 nitrogen and oxygen atoms in total. The van der Waals surface area contributed by atoms with Crippen LogP contribution in [0.25, 0.3) is 0 Å². The van der Waals surface area contributed by atoms with Crippen LogP contribution in [0.3, 0.4) is 0 Å². The topological polar surface area (TPSA) is 26.3 Å². The second-order valence-corrected chi connectivity index (χ2v) is 4.84. The van der Waals surface area contributed by atoms with Crippen molar-refractivity contribution >= 4 is 5.97 Å². The molecule has 0 fully saturated rings. The zero-order valence-corrected chi connectivity index (χ0v) is 12.7. The van der Waals surface area contributed by atoms with Crippen LogP contribution in [0.2, 0.25) is 0 Å². The lowest BCUT2D eigenvalue weighted by Crippen LogP contribution is -1.98. The molecule has 0 rings (SSSR count). The van der Waals surface area contributed by atoms with Gasteiger partial charge in [-0.25, -0.2) is 0 Å². The minimum absolute atomic E-state index is 0.108. The summed E-state index contributed by atoms with van der Waals surface area (Å²) in [7, 11) is 1.44. The fraction of sp³-hybridized carbons (Fsp3) is 0.706. The van der Waals surface area contributed by atoms with Crippen LogP contribution in [0.1, 0.15) is 71.1 Å². The number of methoxy groups -OCH3 is 1. The fourth-order valence-corrected chi connectivity index (χ4v) is 1.78. The first-order chi connectivity index (χ1) is 9.31. The van der Waals surface area contributed by atoms with Gasteiger partial charge in [0.15, 0.2) is 0 Å². The van der Waals surface area contributed by atoms with Gasteiger partial charge in [-0.2, -0.15) is 0 Å². The monoisotopic (exact) mass is 266 g/mol. The molecule has 0 aliphatic carbocycles. The molecule has 0 heterocycles. The number of hydrogen-bond donors (Lipinski definition) is 0. The first-order valence-electron chi connectivity index (χ1n) is 7.68. The molecule has 0 radical (unpaired) electrons. The Morgan fingerprint density at radius 2 is 1.32 bits per heavy atom. The molecule has 0 unspecified atom stereocenters. The number of allylic oxidation sites excluding steroid dienone is 4. The van der Waals surface area contributed by atoms with Gasteiger partial charge in [-0.3, -0.25) is 4.79 Å². The molecule has 0 aromatic rings. The van der Waals surface area contributed by atoms with E-state index >= 15 is 0 Å². The van der Waals surface area contributed by atoms with E-state index in [-0.39, 0.29) is 5.97 Å². The average molecular weight is 266 g/mol. The highest BCUT2D eigenvalue weighted by Crippen LogP contribution is 2.05. The first kappa shape index (κ1) is 17.9. The highest BCUT2D eigenvalue weighted by molar-refractivity contribution is 5.68. The molecular formula is C17H30O2. The Morgan fingerprint density at radius 3 is 1.79 bits per heavy atom. The van der Waals surface area contributed by atoms with E-state index in [2.05, 4.69) is 36.0 Å². The van der Waals surface area contributed by atoms with Crippen LogP contribution in [0.15, 0.2) is 24.3 Å². The van der Waals surface area contributed by atoms with Gasteiger partial charge < -0.3 is 4.74 Å². The second kappa shape index (κ2) is 15.0. The van der Waals surface area contributed by atoms with E-state index < -0.39 is 0 Å². The van der Waals surface area contributed by atoms with Gasteiger partial charge in [0, 0.05) is 6.42 Å². The van der Waals surface area contributed by atoms with Crippen LogP contribution in [-0.4, -0.2) is 13.1 Å². The minimum Gasteiger partial charge on any atom is -0.469 e. The van der Waals surface area contributed by atoms with Gasteiger partial charge >= 0.3 is 5.97 Å². The molecule has 0 spiro atoms. The maximum absolute atomic E-state index is 10.9. The molecule has 0 atom stereocenters. The van der Waals surface area contributed by atoms with E-state index in [0.29, 0.717) is 6.42 Å². The van der Waals surface area contributed by atoms with Crippen LogP contribution >= 0.6 is 0 Å². The van der Waals surface area contributed by atoms with Crippen molar-refractivity contribution in [3.8, 4) is 0 Å². The normalized spacial score (nSPS) is 11.5. The van der Waals surface area contributed by atoms with Crippen LogP contribution in [0.5, 0.6) is 0 Å². The quantitative estimate of drug-likeness (QED) is 0.276. The van der Waals surface area contributed by atoms with Gasteiger partial charge in [0.05, 0.1) is 7.11 Å². The lowest BCUT2D eigenvalue weighted by Gasteiger charge is -1.96. The number of unbranched alkanes of at least 4 members (excludes halogenated alkanes) is 6. The van der Waals surface area contributed by atoms with Gasteiger partial charge in [-0.1, -0.05) is 44.1 Å². The van der Waals surface area contributed by atoms with Gasteiger partial charge in [0.2, 0.25) is 0 Å². The maximum atomic E-state index is 10.9. The summed E-state index contributed by atoms with van der Waals surface area (Å²) in [5.41, 5.74) is 0. The largest absolute Gasteiger partial charge is 0.469 e. The van der Waals surface area contributed by atoms with E-state index in [4.69, 9.17) is 0 Å². The first-order valence-corrected chi connectivity index (χ1v) is 7.68. The van der Waals surface area contributed by atoms with Crippen molar-refractivity contribution in [1.82, 2.24) is 0 Å². The Balaban J connectivity index is 3.21. The zero-order chi connectivity index (χ0) is 14.2. The summed E-state index contributed by atoms with van der Waals surface area (Å²) in [5.74, 6) is -0.108. The fourth-order valence-electron chi connectivity index (χ4n) is 1.78. The van der Waals surface area contributed by atoms with Crippen LogP contribution in [-0.2, 0) is 9.53 Å². The van der Waals surface area contributed by atoms with Crippen molar-refractivity contribution in [1.29, 1.82) is 0 Å². The van der Waals surface area contributed by atoms with E-state index in [1.165, 1.54) is 45.6 Å². The van der Waals surface area contributed by atoms with Crippen LogP contribution in [0, 0.1) is 0 Å². The summed E-state index contributed by atoms with van der Waals surface area (Å²) < 4.78 is 4.59. The molecule has 0 saturated carbocycles. The number of carbonyl (C=O) groups excluding carboxylic acids is 1. The molecule has 0 N–H and O–H groups in total. The second-order valence-electron chi connectivity index (χ2n) is 4.84. The number of carbonyl (C=O) groups is 1. The van der Waals surface area contributed by atoms with Crippen molar-refractivity contribution in [2.24, 2.45) is 0 Å². The Morgan fingerprint density at radius 1 is 0.842 bits per heavy atom. The molecule has 0 bridgehead atoms. The molecular weight excluding hydrogens is 236 g/mol. The number of hydrogen-bond acceptors (Lipinski definition) is 2. The smallest absolute Gasteiger partial charge is 0.305 e. The predicted octanol–water partition coefficient (Wildman–Crippen LogP) is 5.19. The molecule has 0 aliphatic rings. The summed E-state index contributed by atoms with van der Waals surface area (Å²) in [6.45, 7) is 2.23. The summed E-state index contributed by atoms with van der Waals surface area (Å²) in [6.07, 6.45) is 20.2. The molecule has 19 heavy (non-hydrogen) atoms. The van der Waals surface area contributed by atoms with Crippen molar-refractivity contribution in [3.63, 3.8) is 0 Å². The van der Waals surface area contributed by atoms with Gasteiger partial charge in [-0.05, 0) is 44.9 Å². The van der Waals surface area contributed by atoms with Crippen molar-refractivity contribution in [2.75, 3.05) is 7.11 Å². The van der Waals surface area contributed by atoms with Crippen molar-refractivity contribution < 1.29 is 9.53 Å². The molecule has 2 heteroatoms. The van der Waals surface area contributed by atoms with E-state index in [0.717, 1.165) is 19.3 Å². The highest BCUT2D eigenvalue weighted by Gasteiger charge is 1.96. The zero-order valence-electron chi connectivity index (χ0n) is 12.7. The lowest BCUT2D eigenvalue weighted by atomic mass is 10.1. The van der Waals surface area contributed by atoms with Gasteiger partial charge in [0.1, 0.15) is 0 Å². The Hall–Kier alpha value is -1.05. The SMILES string of the molecule is CCCC/C=C\CCCC/C=C\CCCC(=O)OC. The van der Waals surface area contributed by atoms with Crippen LogP contribution in [0.4, 0.5) is 0 Å². The maximum Gasteiger partial charge on any atom is 0.305 e. The number of esters is 1. The Labute approximate surface area is 118 Å². The molecule has 0 aromatic heterocycles. The predicted molar refractivity (Wildman–Crippen MR) is 82.1 cm³/mol. The highest BCUT2D eigenvalue weighted by atomic mass is 16.5. The molecule has 0 aromatic carbocycles. The Kier molecular flexibility index (Phi) is 14.2. The molecule has 110 valence electrons. The number of ether oxygens (including phenoxy) is 1. The molecule has 0 aliphatic heterocycles. The molecule has 0 saturated heterocycles. The third-order valence-corrected chi connectivity index (χ3v) is 3.03. The average Bonchev–Trinajstić information content (AvgIpc) is 2.43. The summed E-state index contributed by atoms with van der Waals surface area (Å²) in [5, 5.41) is 0. The van der Waals surface area contributed by atoms with E-state index in [9.17, 15) is 4.79 Å². The summed E-state index contributed by atoms with van der Waals surface area (Å²) >= 11 is 0. The standard InChI is InChI=1S/C17H30O2/c1-3-4-5-6-7-8-9-10-11-12-13-14-15-16-17(18)19-2/h6-7,12-13H,3-5,8-11,14-16H2,1-2H3/b7-6-,13-12-. The van der Waals surface area contributed by atoms with E-state index in [1.54, 1.807) is 0 Å². The third kappa shape index (κ3) is 14.9. The number of rotatable bonds is 12. The summed E-state index contributed by atoms with van der Waals surface area (Å²) in [6, 6.07) is 0. The third-order valence-electron chi connectivity index (χ3n) is 3.03. The van der Waals surface area contributed by atoms with E-state index in [1.807, 2.05) is 0 Å². The Bertz CT molecular complexity index is 254. The summed E-state index contributed by atoms with van der Waals surface area (Å²) in [4.78, 5) is 10.9. The van der Waals surface area contributed by atoms with Gasteiger partial charge in [-0.15, -0.1) is 0 Å². The molecule has 0 amide bonds. The van der Waals surface area contributed by atoms with Crippen molar-refractivity contribution in [2.45, 2.75) is 71.1 Å². The van der Waals surface area contributed by atoms with Gasteiger partial charge in [0.25, 0.3) is 0 Å². The lowest BCUT2D eigenvalue weighted by molar-refractivity contribution is -0.140. The minimum atomic E-state index is -0.108. The van der Waals surface area contributed by atoms with Crippen molar-refractivity contribution in [3.05, 3.63) is 24.3 Å².